The Morgan fingerprint density at radius 3 is 2.17 bits per heavy atom. The first-order valence-electron chi connectivity index (χ1n) is 5.55. The van der Waals surface area contributed by atoms with Crippen LogP contribution >= 0.6 is 0 Å². The summed E-state index contributed by atoms with van der Waals surface area (Å²) in [4.78, 5) is 22.2. The Morgan fingerprint density at radius 2 is 1.72 bits per heavy atom. The Balaban J connectivity index is 0.00000289. The second-order valence-corrected chi connectivity index (χ2v) is 3.99. The summed E-state index contributed by atoms with van der Waals surface area (Å²) in [5, 5.41) is 8.71. The molecule has 1 N–H and O–H groups in total. The maximum Gasteiger partial charge on any atom is 0.338 e. The minimum atomic E-state index is -1.01. The summed E-state index contributed by atoms with van der Waals surface area (Å²) >= 11 is 0. The fraction of sp³-hybridized carbons (Fsp3) is 0.385. The normalized spacial score (nSPS) is 11.2. The number of esters is 1. The average Bonchev–Trinajstić information content (AvgIpc) is 2.35. The molecule has 18 heavy (non-hydrogen) atoms. The van der Waals surface area contributed by atoms with Gasteiger partial charge in [-0.15, -0.1) is 0 Å². The SMILES string of the molecule is CCC(C)COC(=O)c1ccc(C(=O)O)cc1.[Zn]. The van der Waals surface area contributed by atoms with Crippen molar-refractivity contribution in [3.8, 4) is 0 Å². The van der Waals surface area contributed by atoms with Crippen molar-refractivity contribution in [2.24, 2.45) is 5.92 Å². The standard InChI is InChI=1S/C13H16O4.Zn/c1-3-9(2)8-17-13(16)11-6-4-10(5-7-11)12(14)15;/h4-7,9H,3,8H2,1-2H3,(H,14,15);. The van der Waals surface area contributed by atoms with Crippen molar-refractivity contribution < 1.29 is 38.9 Å². The second-order valence-electron chi connectivity index (χ2n) is 3.99. The smallest absolute Gasteiger partial charge is 0.338 e. The molecule has 0 saturated carbocycles. The van der Waals surface area contributed by atoms with Crippen LogP contribution in [0.15, 0.2) is 24.3 Å². The van der Waals surface area contributed by atoms with Crippen molar-refractivity contribution in [1.29, 1.82) is 0 Å². The van der Waals surface area contributed by atoms with Gasteiger partial charge in [-0.25, -0.2) is 9.59 Å². The van der Waals surface area contributed by atoms with E-state index in [4.69, 9.17) is 9.84 Å². The van der Waals surface area contributed by atoms with Crippen molar-refractivity contribution in [3.05, 3.63) is 35.4 Å². The summed E-state index contributed by atoms with van der Waals surface area (Å²) in [6.07, 6.45) is 0.950. The van der Waals surface area contributed by atoms with Crippen molar-refractivity contribution >= 4 is 11.9 Å². The molecule has 0 amide bonds. The minimum absolute atomic E-state index is 0. The van der Waals surface area contributed by atoms with E-state index in [1.807, 2.05) is 13.8 Å². The van der Waals surface area contributed by atoms with E-state index in [9.17, 15) is 9.59 Å². The molecule has 0 heterocycles. The van der Waals surface area contributed by atoms with Gasteiger partial charge in [0.15, 0.2) is 0 Å². The van der Waals surface area contributed by atoms with Crippen LogP contribution in [-0.2, 0) is 24.2 Å². The van der Waals surface area contributed by atoms with Gasteiger partial charge in [0, 0.05) is 19.5 Å². The summed E-state index contributed by atoms with van der Waals surface area (Å²) in [6, 6.07) is 5.70. The van der Waals surface area contributed by atoms with Gasteiger partial charge in [-0.2, -0.15) is 0 Å². The van der Waals surface area contributed by atoms with Crippen LogP contribution in [0.3, 0.4) is 0 Å². The first kappa shape index (κ1) is 16.8. The van der Waals surface area contributed by atoms with E-state index in [-0.39, 0.29) is 25.0 Å². The molecule has 1 unspecified atom stereocenters. The van der Waals surface area contributed by atoms with Crippen molar-refractivity contribution in [1.82, 2.24) is 0 Å². The van der Waals surface area contributed by atoms with Crippen LogP contribution in [-0.4, -0.2) is 23.7 Å². The van der Waals surface area contributed by atoms with E-state index in [0.717, 1.165) is 6.42 Å². The number of carboxylic acid groups (broad SMARTS) is 1. The van der Waals surface area contributed by atoms with Crippen LogP contribution in [0, 0.1) is 5.92 Å². The molecule has 0 aliphatic carbocycles. The van der Waals surface area contributed by atoms with E-state index in [1.54, 1.807) is 0 Å². The number of benzene rings is 1. The fourth-order valence-corrected chi connectivity index (χ4v) is 1.17. The predicted molar refractivity (Wildman–Crippen MR) is 63.1 cm³/mol. The third-order valence-electron chi connectivity index (χ3n) is 2.56. The van der Waals surface area contributed by atoms with Crippen molar-refractivity contribution in [2.75, 3.05) is 6.61 Å². The molecular formula is C13H16O4Zn. The summed E-state index contributed by atoms with van der Waals surface area (Å²) in [5.41, 5.74) is 0.529. The van der Waals surface area contributed by atoms with Gasteiger partial charge in [-0.3, -0.25) is 0 Å². The van der Waals surface area contributed by atoms with Crippen LogP contribution in [0.5, 0.6) is 0 Å². The predicted octanol–water partition coefficient (Wildman–Crippen LogP) is 2.59. The molecule has 5 heteroatoms. The van der Waals surface area contributed by atoms with Gasteiger partial charge < -0.3 is 9.84 Å². The second kappa shape index (κ2) is 7.99. The Hall–Kier alpha value is -1.22. The van der Waals surface area contributed by atoms with Crippen LogP contribution in [0.4, 0.5) is 0 Å². The van der Waals surface area contributed by atoms with E-state index in [0.29, 0.717) is 18.1 Å². The molecule has 94 valence electrons. The summed E-state index contributed by atoms with van der Waals surface area (Å²) in [5.74, 6) is -1.09. The molecule has 1 aromatic carbocycles. The number of ether oxygens (including phenoxy) is 1. The number of aromatic carboxylic acids is 1. The topological polar surface area (TPSA) is 63.6 Å². The van der Waals surface area contributed by atoms with E-state index < -0.39 is 11.9 Å². The Bertz CT molecular complexity index is 400. The number of hydrogen-bond acceptors (Lipinski definition) is 3. The largest absolute Gasteiger partial charge is 0.478 e. The van der Waals surface area contributed by atoms with Gasteiger partial charge in [0.25, 0.3) is 0 Å². The van der Waals surface area contributed by atoms with Gasteiger partial charge in [0.2, 0.25) is 0 Å². The van der Waals surface area contributed by atoms with Gasteiger partial charge in [-0.1, -0.05) is 20.3 Å². The number of carboxylic acids is 1. The molecule has 0 spiro atoms. The molecule has 0 aliphatic heterocycles. The molecule has 0 aromatic heterocycles. The zero-order chi connectivity index (χ0) is 12.8. The van der Waals surface area contributed by atoms with Crippen LogP contribution < -0.4 is 0 Å². The van der Waals surface area contributed by atoms with Crippen LogP contribution in [0.1, 0.15) is 41.0 Å². The number of carbonyl (C=O) groups is 2. The Kier molecular flexibility index (Phi) is 7.45. The molecule has 0 radical (unpaired) electrons. The molecule has 1 aromatic rings. The van der Waals surface area contributed by atoms with Gasteiger partial charge in [-0.05, 0) is 30.2 Å². The van der Waals surface area contributed by atoms with Gasteiger partial charge in [0.05, 0.1) is 17.7 Å². The monoisotopic (exact) mass is 300 g/mol. The third-order valence-corrected chi connectivity index (χ3v) is 2.56. The van der Waals surface area contributed by atoms with Gasteiger partial charge >= 0.3 is 11.9 Å². The molecule has 0 bridgehead atoms. The molecule has 1 atom stereocenters. The maximum atomic E-state index is 11.6. The third kappa shape index (κ3) is 4.97. The number of carbonyl (C=O) groups excluding carboxylic acids is 1. The zero-order valence-electron chi connectivity index (χ0n) is 10.7. The quantitative estimate of drug-likeness (QED) is 0.670. The summed E-state index contributed by atoms with van der Waals surface area (Å²) in [7, 11) is 0. The zero-order valence-corrected chi connectivity index (χ0v) is 13.6. The van der Waals surface area contributed by atoms with E-state index in [2.05, 4.69) is 0 Å². The van der Waals surface area contributed by atoms with Crippen molar-refractivity contribution in [3.63, 3.8) is 0 Å². The maximum absolute atomic E-state index is 11.6. The fourth-order valence-electron chi connectivity index (χ4n) is 1.17. The molecule has 1 rings (SSSR count). The van der Waals surface area contributed by atoms with Crippen LogP contribution in [0.25, 0.3) is 0 Å². The molecular weight excluding hydrogens is 286 g/mol. The molecule has 0 fully saturated rings. The summed E-state index contributed by atoms with van der Waals surface area (Å²) < 4.78 is 5.09. The van der Waals surface area contributed by atoms with Crippen LogP contribution in [0.2, 0.25) is 0 Å². The van der Waals surface area contributed by atoms with E-state index in [1.165, 1.54) is 24.3 Å². The average molecular weight is 302 g/mol. The summed E-state index contributed by atoms with van der Waals surface area (Å²) in [6.45, 7) is 4.41. The first-order valence-corrected chi connectivity index (χ1v) is 5.55. The van der Waals surface area contributed by atoms with Crippen molar-refractivity contribution in [2.45, 2.75) is 20.3 Å². The first-order chi connectivity index (χ1) is 8.04. The van der Waals surface area contributed by atoms with Gasteiger partial charge in [0.1, 0.15) is 0 Å². The number of rotatable bonds is 5. The number of hydrogen-bond donors (Lipinski definition) is 1. The molecule has 0 saturated heterocycles. The Morgan fingerprint density at radius 1 is 1.22 bits per heavy atom. The van der Waals surface area contributed by atoms with E-state index >= 15 is 0 Å². The Labute approximate surface area is 119 Å². The minimum Gasteiger partial charge on any atom is -0.478 e. The molecule has 0 aliphatic rings. The molecule has 4 nitrogen and oxygen atoms in total.